The molecule has 1 aliphatic carbocycles. The van der Waals surface area contributed by atoms with E-state index >= 15 is 0 Å². The molecule has 6 nitrogen and oxygen atoms in total. The van der Waals surface area contributed by atoms with Gasteiger partial charge in [-0.3, -0.25) is 14.6 Å². The van der Waals surface area contributed by atoms with Gasteiger partial charge in [-0.05, 0) is 82.1 Å². The highest BCUT2D eigenvalue weighted by atomic mass is 16.5. The summed E-state index contributed by atoms with van der Waals surface area (Å²) in [6.45, 7) is 7.92. The number of ether oxygens (including phenoxy) is 1. The van der Waals surface area contributed by atoms with Crippen LogP contribution in [0.3, 0.4) is 0 Å². The number of rotatable bonds is 3. The highest BCUT2D eigenvalue weighted by Gasteiger charge is 2.53. The third-order valence-corrected chi connectivity index (χ3v) is 8.26. The third-order valence-electron chi connectivity index (χ3n) is 8.26. The fraction of sp³-hybridized carbons (Fsp3) is 0.633. The fourth-order valence-electron chi connectivity index (χ4n) is 5.61. The molecular formula is C30H43NO5. The van der Waals surface area contributed by atoms with Crippen LogP contribution >= 0.6 is 0 Å². The number of hydrogen-bond acceptors (Lipinski definition) is 6. The van der Waals surface area contributed by atoms with Gasteiger partial charge in [-0.15, -0.1) is 0 Å². The van der Waals surface area contributed by atoms with Gasteiger partial charge in [0.2, 0.25) is 0 Å². The molecule has 0 radical (unpaired) electrons. The number of hydrogen-bond donors (Lipinski definition) is 2. The van der Waals surface area contributed by atoms with Crippen molar-refractivity contribution in [3.05, 3.63) is 47.3 Å². The highest BCUT2D eigenvalue weighted by Crippen LogP contribution is 2.48. The van der Waals surface area contributed by atoms with Crippen molar-refractivity contribution in [1.82, 2.24) is 4.98 Å². The molecule has 2 aliphatic rings. The molecule has 0 saturated heterocycles. The molecule has 5 atom stereocenters. The number of carbonyl (C=O) groups is 2. The van der Waals surface area contributed by atoms with Gasteiger partial charge < -0.3 is 14.9 Å². The van der Waals surface area contributed by atoms with Crippen molar-refractivity contribution in [2.24, 2.45) is 17.3 Å². The summed E-state index contributed by atoms with van der Waals surface area (Å²) in [4.78, 5) is 31.1. The zero-order valence-electron chi connectivity index (χ0n) is 22.3. The number of carbonyl (C=O) groups excluding carboxylic acids is 2. The lowest BCUT2D eigenvalue weighted by Gasteiger charge is -2.46. The van der Waals surface area contributed by atoms with E-state index in [0.29, 0.717) is 25.7 Å². The van der Waals surface area contributed by atoms with Crippen LogP contribution in [0.5, 0.6) is 0 Å². The molecule has 1 saturated carbocycles. The normalized spacial score (nSPS) is 32.3. The number of aliphatic hydroxyl groups is 2. The van der Waals surface area contributed by atoms with Gasteiger partial charge in [0, 0.05) is 18.5 Å². The average molecular weight is 498 g/mol. The number of aromatic nitrogens is 1. The van der Waals surface area contributed by atoms with Crippen molar-refractivity contribution in [3.8, 4) is 0 Å². The van der Waals surface area contributed by atoms with Gasteiger partial charge in [-0.2, -0.15) is 0 Å². The molecule has 0 aromatic carbocycles. The second kappa shape index (κ2) is 12.8. The van der Waals surface area contributed by atoms with Crippen molar-refractivity contribution in [2.75, 3.05) is 0 Å². The zero-order valence-corrected chi connectivity index (χ0v) is 22.3. The molecule has 0 bridgehead atoms. The van der Waals surface area contributed by atoms with Gasteiger partial charge in [0.15, 0.2) is 0 Å². The van der Waals surface area contributed by atoms with Crippen molar-refractivity contribution in [3.63, 3.8) is 0 Å². The van der Waals surface area contributed by atoms with Gasteiger partial charge >= 0.3 is 5.97 Å². The lowest BCUT2D eigenvalue weighted by atomic mass is 9.58. The van der Waals surface area contributed by atoms with E-state index in [2.05, 4.69) is 18.0 Å². The number of Topliss-reactive ketones (excluding diaryl/α,β-unsaturated/α-hetero) is 1. The summed E-state index contributed by atoms with van der Waals surface area (Å²) < 4.78 is 5.89. The number of esters is 1. The molecule has 2 heterocycles. The Bertz CT molecular complexity index is 949. The summed E-state index contributed by atoms with van der Waals surface area (Å²) in [6, 6.07) is 5.67. The minimum atomic E-state index is -1.12. The highest BCUT2D eigenvalue weighted by molar-refractivity contribution is 5.89. The fourth-order valence-corrected chi connectivity index (χ4v) is 5.61. The van der Waals surface area contributed by atoms with E-state index in [9.17, 15) is 19.8 Å². The quantitative estimate of drug-likeness (QED) is 0.427. The lowest BCUT2D eigenvalue weighted by Crippen LogP contribution is -2.53. The monoisotopic (exact) mass is 497 g/mol. The summed E-state index contributed by atoms with van der Waals surface area (Å²) in [5, 5.41) is 22.2. The Morgan fingerprint density at radius 1 is 1.22 bits per heavy atom. The molecule has 0 amide bonds. The first-order valence-electron chi connectivity index (χ1n) is 13.5. The molecule has 1 aromatic rings. The second-order valence-electron chi connectivity index (χ2n) is 10.9. The molecule has 6 heteroatoms. The number of aliphatic hydroxyl groups excluding tert-OH is 2. The summed E-state index contributed by atoms with van der Waals surface area (Å²) in [6.07, 6.45) is 8.76. The molecule has 36 heavy (non-hydrogen) atoms. The molecule has 1 aliphatic heterocycles. The first-order valence-corrected chi connectivity index (χ1v) is 13.5. The van der Waals surface area contributed by atoms with Crippen LogP contribution < -0.4 is 0 Å². The predicted octanol–water partition coefficient (Wildman–Crippen LogP) is 5.43. The SMILES string of the molecule is CC[C@H]1C(=O)C2(CCC2)[C@H](O)CC(=O)O[C@@H](/C(C)=C/c2ccccn2)C/C=C(/C)CCC[C@H](C)[C@H]1O. The third kappa shape index (κ3) is 6.71. The van der Waals surface area contributed by atoms with Crippen LogP contribution in [0.25, 0.3) is 6.08 Å². The van der Waals surface area contributed by atoms with E-state index in [-0.39, 0.29) is 18.1 Å². The Morgan fingerprint density at radius 2 is 1.97 bits per heavy atom. The van der Waals surface area contributed by atoms with Crippen LogP contribution in [0.15, 0.2) is 41.6 Å². The summed E-state index contributed by atoms with van der Waals surface area (Å²) in [7, 11) is 0. The number of allylic oxidation sites excluding steroid dienone is 1. The topological polar surface area (TPSA) is 96.7 Å². The van der Waals surface area contributed by atoms with Gasteiger partial charge in [0.25, 0.3) is 0 Å². The Kier molecular flexibility index (Phi) is 10.0. The Labute approximate surface area is 215 Å². The smallest absolute Gasteiger partial charge is 0.309 e. The minimum Gasteiger partial charge on any atom is -0.457 e. The van der Waals surface area contributed by atoms with E-state index in [1.165, 1.54) is 5.57 Å². The molecule has 0 unspecified atom stereocenters. The number of nitrogens with zero attached hydrogens (tertiary/aromatic N) is 1. The molecule has 1 spiro atoms. The van der Waals surface area contributed by atoms with Crippen LogP contribution in [-0.2, 0) is 14.3 Å². The van der Waals surface area contributed by atoms with E-state index in [1.807, 2.05) is 45.0 Å². The molecule has 3 rings (SSSR count). The standard InChI is InChI=1S/C30H43NO5/c1-5-24-28(34)21(3)11-8-10-20(2)13-14-25(22(4)18-23-12-6-7-17-31-23)36-27(33)19-26(32)30(29(24)35)15-9-16-30/h6-7,12-13,17-18,21,24-26,28,32,34H,5,8-11,14-16,19H2,1-4H3/b20-13-,22-18+/t21-,24+,25+,26+,28+/m0/s1. The Morgan fingerprint density at radius 3 is 2.58 bits per heavy atom. The number of pyridine rings is 1. The van der Waals surface area contributed by atoms with Gasteiger partial charge in [-0.25, -0.2) is 0 Å². The maximum atomic E-state index is 13.7. The molecular weight excluding hydrogens is 454 g/mol. The lowest BCUT2D eigenvalue weighted by molar-refractivity contribution is -0.162. The number of ketones is 1. The van der Waals surface area contributed by atoms with Crippen molar-refractivity contribution in [2.45, 2.75) is 104 Å². The largest absolute Gasteiger partial charge is 0.457 e. The van der Waals surface area contributed by atoms with Crippen molar-refractivity contribution >= 4 is 17.8 Å². The second-order valence-corrected chi connectivity index (χ2v) is 10.9. The molecule has 2 N–H and O–H groups in total. The van der Waals surface area contributed by atoms with Crippen LogP contribution in [0.1, 0.15) is 91.2 Å². The van der Waals surface area contributed by atoms with E-state index in [0.717, 1.165) is 37.0 Å². The van der Waals surface area contributed by atoms with E-state index in [4.69, 9.17) is 4.74 Å². The van der Waals surface area contributed by atoms with Gasteiger partial charge in [0.05, 0.1) is 29.7 Å². The van der Waals surface area contributed by atoms with E-state index in [1.54, 1.807) is 6.20 Å². The number of cyclic esters (lactones) is 1. The minimum absolute atomic E-state index is 0.0184. The Hall–Kier alpha value is -2.31. The zero-order chi connectivity index (χ0) is 26.3. The summed E-state index contributed by atoms with van der Waals surface area (Å²) >= 11 is 0. The van der Waals surface area contributed by atoms with Crippen LogP contribution in [-0.4, -0.2) is 45.3 Å². The van der Waals surface area contributed by atoms with Crippen molar-refractivity contribution < 1.29 is 24.5 Å². The van der Waals surface area contributed by atoms with Gasteiger partial charge in [-0.1, -0.05) is 38.0 Å². The van der Waals surface area contributed by atoms with E-state index < -0.39 is 35.6 Å². The Balaban J connectivity index is 1.89. The predicted molar refractivity (Wildman–Crippen MR) is 141 cm³/mol. The van der Waals surface area contributed by atoms with Crippen molar-refractivity contribution in [1.29, 1.82) is 0 Å². The van der Waals surface area contributed by atoms with Gasteiger partial charge in [0.1, 0.15) is 11.9 Å². The molecule has 198 valence electrons. The maximum absolute atomic E-state index is 13.7. The van der Waals surface area contributed by atoms with Crippen LogP contribution in [0.2, 0.25) is 0 Å². The van der Waals surface area contributed by atoms with Crippen LogP contribution in [0, 0.1) is 17.3 Å². The molecule has 1 aromatic heterocycles. The summed E-state index contributed by atoms with van der Waals surface area (Å²) in [5.74, 6) is -1.16. The maximum Gasteiger partial charge on any atom is 0.309 e. The molecule has 1 fully saturated rings. The van der Waals surface area contributed by atoms with Crippen LogP contribution in [0.4, 0.5) is 0 Å². The first kappa shape index (κ1) is 28.3. The summed E-state index contributed by atoms with van der Waals surface area (Å²) in [5.41, 5.74) is 1.89. The first-order chi connectivity index (χ1) is 17.2. The average Bonchev–Trinajstić information content (AvgIpc) is 2.81.